The van der Waals surface area contributed by atoms with E-state index in [0.29, 0.717) is 13.0 Å². The minimum atomic E-state index is -0.841. The molecule has 1 atom stereocenters. The quantitative estimate of drug-likeness (QED) is 0.861. The monoisotopic (exact) mass is 255 g/mol. The van der Waals surface area contributed by atoms with E-state index in [1.165, 1.54) is 0 Å². The summed E-state index contributed by atoms with van der Waals surface area (Å²) in [6, 6.07) is 18.2. The fraction of sp³-hybridized carbons (Fsp3) is 0.294. The lowest BCUT2D eigenvalue weighted by Crippen LogP contribution is -2.23. The standard InChI is InChI=1S/C17H21NO/c1-17(19,12-7-13-18)16-11-6-5-10-15(16)14-8-3-2-4-9-14/h2-6,8-11,19H,7,12-13,18H2,1H3. The number of hydrogen-bond donors (Lipinski definition) is 2. The molecule has 0 aliphatic carbocycles. The van der Waals surface area contributed by atoms with E-state index in [1.54, 1.807) is 0 Å². The van der Waals surface area contributed by atoms with E-state index in [1.807, 2.05) is 43.3 Å². The first kappa shape index (κ1) is 13.8. The number of hydrogen-bond acceptors (Lipinski definition) is 2. The minimum Gasteiger partial charge on any atom is -0.385 e. The van der Waals surface area contributed by atoms with Gasteiger partial charge in [-0.15, -0.1) is 0 Å². The predicted molar refractivity (Wildman–Crippen MR) is 79.7 cm³/mol. The highest BCUT2D eigenvalue weighted by atomic mass is 16.3. The van der Waals surface area contributed by atoms with Crippen molar-refractivity contribution in [2.45, 2.75) is 25.4 Å². The average Bonchev–Trinajstić information content (AvgIpc) is 2.46. The molecule has 2 aromatic carbocycles. The Morgan fingerprint density at radius 1 is 1.00 bits per heavy atom. The van der Waals surface area contributed by atoms with Crippen LogP contribution in [0.25, 0.3) is 11.1 Å². The van der Waals surface area contributed by atoms with Crippen LogP contribution in [0.1, 0.15) is 25.3 Å². The molecule has 0 radical (unpaired) electrons. The van der Waals surface area contributed by atoms with Gasteiger partial charge in [0.05, 0.1) is 5.60 Å². The van der Waals surface area contributed by atoms with Crippen molar-refractivity contribution in [3.63, 3.8) is 0 Å². The van der Waals surface area contributed by atoms with Crippen molar-refractivity contribution in [2.24, 2.45) is 5.73 Å². The SMILES string of the molecule is CC(O)(CCCN)c1ccccc1-c1ccccc1. The van der Waals surface area contributed by atoms with Crippen molar-refractivity contribution in [3.05, 3.63) is 60.2 Å². The van der Waals surface area contributed by atoms with E-state index in [0.717, 1.165) is 23.1 Å². The van der Waals surface area contributed by atoms with Gasteiger partial charge in [-0.05, 0) is 43.0 Å². The number of aliphatic hydroxyl groups is 1. The van der Waals surface area contributed by atoms with Crippen LogP contribution in [0.4, 0.5) is 0 Å². The maximum atomic E-state index is 10.7. The second-order valence-electron chi connectivity index (χ2n) is 5.08. The second-order valence-corrected chi connectivity index (χ2v) is 5.08. The molecule has 0 amide bonds. The molecule has 2 heteroatoms. The zero-order valence-electron chi connectivity index (χ0n) is 11.3. The summed E-state index contributed by atoms with van der Waals surface area (Å²) < 4.78 is 0. The van der Waals surface area contributed by atoms with Gasteiger partial charge in [-0.25, -0.2) is 0 Å². The van der Waals surface area contributed by atoms with Gasteiger partial charge < -0.3 is 10.8 Å². The molecule has 0 fully saturated rings. The Labute approximate surface area is 114 Å². The molecule has 0 spiro atoms. The summed E-state index contributed by atoms with van der Waals surface area (Å²) in [5, 5.41) is 10.7. The smallest absolute Gasteiger partial charge is 0.0875 e. The van der Waals surface area contributed by atoms with Crippen LogP contribution in [0.2, 0.25) is 0 Å². The third-order valence-electron chi connectivity index (χ3n) is 3.46. The van der Waals surface area contributed by atoms with Gasteiger partial charge in [0.15, 0.2) is 0 Å². The summed E-state index contributed by atoms with van der Waals surface area (Å²) in [4.78, 5) is 0. The molecule has 2 aromatic rings. The van der Waals surface area contributed by atoms with Gasteiger partial charge in [-0.1, -0.05) is 54.6 Å². The molecule has 0 saturated carbocycles. The van der Waals surface area contributed by atoms with Gasteiger partial charge in [0.2, 0.25) is 0 Å². The van der Waals surface area contributed by atoms with Gasteiger partial charge in [0, 0.05) is 0 Å². The second kappa shape index (κ2) is 6.00. The first-order valence-electron chi connectivity index (χ1n) is 6.72. The fourth-order valence-corrected chi connectivity index (χ4v) is 2.40. The molecule has 2 rings (SSSR count). The Hall–Kier alpha value is -1.64. The van der Waals surface area contributed by atoms with Crippen molar-refractivity contribution >= 4 is 0 Å². The third kappa shape index (κ3) is 3.22. The summed E-state index contributed by atoms with van der Waals surface area (Å²) in [6.07, 6.45) is 1.49. The lowest BCUT2D eigenvalue weighted by molar-refractivity contribution is 0.0468. The summed E-state index contributed by atoms with van der Waals surface area (Å²) in [7, 11) is 0. The van der Waals surface area contributed by atoms with E-state index < -0.39 is 5.60 Å². The molecule has 0 heterocycles. The Bertz CT molecular complexity index is 520. The van der Waals surface area contributed by atoms with Crippen molar-refractivity contribution in [1.29, 1.82) is 0 Å². The number of benzene rings is 2. The highest BCUT2D eigenvalue weighted by Crippen LogP contribution is 2.34. The van der Waals surface area contributed by atoms with Crippen LogP contribution in [0, 0.1) is 0 Å². The highest BCUT2D eigenvalue weighted by molar-refractivity contribution is 5.68. The summed E-state index contributed by atoms with van der Waals surface area (Å²) in [6.45, 7) is 2.47. The summed E-state index contributed by atoms with van der Waals surface area (Å²) >= 11 is 0. The molecule has 1 unspecified atom stereocenters. The van der Waals surface area contributed by atoms with E-state index in [2.05, 4.69) is 18.2 Å². The molecule has 0 saturated heterocycles. The highest BCUT2D eigenvalue weighted by Gasteiger charge is 2.25. The van der Waals surface area contributed by atoms with E-state index in [4.69, 9.17) is 5.73 Å². The molecule has 0 bridgehead atoms. The van der Waals surface area contributed by atoms with E-state index >= 15 is 0 Å². The zero-order valence-corrected chi connectivity index (χ0v) is 11.3. The van der Waals surface area contributed by atoms with Crippen molar-refractivity contribution < 1.29 is 5.11 Å². The molecule has 0 aliphatic heterocycles. The molecule has 0 aromatic heterocycles. The Kier molecular flexibility index (Phi) is 4.35. The molecule has 100 valence electrons. The van der Waals surface area contributed by atoms with Crippen LogP contribution in [-0.4, -0.2) is 11.7 Å². The topological polar surface area (TPSA) is 46.2 Å². The zero-order chi connectivity index (χ0) is 13.7. The molecule has 2 nitrogen and oxygen atoms in total. The molecule has 3 N–H and O–H groups in total. The minimum absolute atomic E-state index is 0.601. The first-order chi connectivity index (χ1) is 9.15. The van der Waals surface area contributed by atoms with Crippen LogP contribution >= 0.6 is 0 Å². The summed E-state index contributed by atoms with van der Waals surface area (Å²) in [5.74, 6) is 0. The van der Waals surface area contributed by atoms with Crippen LogP contribution in [0.5, 0.6) is 0 Å². The predicted octanol–water partition coefficient (Wildman–Crippen LogP) is 3.30. The third-order valence-corrected chi connectivity index (χ3v) is 3.46. The Morgan fingerprint density at radius 3 is 2.32 bits per heavy atom. The molecular formula is C17H21NO. The largest absolute Gasteiger partial charge is 0.385 e. The van der Waals surface area contributed by atoms with Crippen LogP contribution < -0.4 is 5.73 Å². The maximum Gasteiger partial charge on any atom is 0.0875 e. The fourth-order valence-electron chi connectivity index (χ4n) is 2.40. The van der Waals surface area contributed by atoms with Crippen LogP contribution in [0.3, 0.4) is 0 Å². The molecular weight excluding hydrogens is 234 g/mol. The first-order valence-corrected chi connectivity index (χ1v) is 6.72. The van der Waals surface area contributed by atoms with Crippen molar-refractivity contribution in [1.82, 2.24) is 0 Å². The van der Waals surface area contributed by atoms with Gasteiger partial charge in [0.1, 0.15) is 0 Å². The molecule has 0 aliphatic rings. The van der Waals surface area contributed by atoms with Crippen LogP contribution in [-0.2, 0) is 5.60 Å². The molecule has 19 heavy (non-hydrogen) atoms. The Morgan fingerprint density at radius 2 is 1.63 bits per heavy atom. The normalized spacial score (nSPS) is 14.1. The lowest BCUT2D eigenvalue weighted by Gasteiger charge is -2.26. The van der Waals surface area contributed by atoms with E-state index in [-0.39, 0.29) is 0 Å². The number of rotatable bonds is 5. The van der Waals surface area contributed by atoms with Crippen molar-refractivity contribution in [2.75, 3.05) is 6.54 Å². The van der Waals surface area contributed by atoms with Crippen molar-refractivity contribution in [3.8, 4) is 11.1 Å². The van der Waals surface area contributed by atoms with Gasteiger partial charge in [-0.3, -0.25) is 0 Å². The maximum absolute atomic E-state index is 10.7. The lowest BCUT2D eigenvalue weighted by atomic mass is 9.85. The van der Waals surface area contributed by atoms with Gasteiger partial charge in [-0.2, -0.15) is 0 Å². The van der Waals surface area contributed by atoms with Gasteiger partial charge in [0.25, 0.3) is 0 Å². The number of nitrogens with two attached hydrogens (primary N) is 1. The average molecular weight is 255 g/mol. The van der Waals surface area contributed by atoms with E-state index in [9.17, 15) is 5.11 Å². The van der Waals surface area contributed by atoms with Crippen LogP contribution in [0.15, 0.2) is 54.6 Å². The Balaban J connectivity index is 2.42. The summed E-state index contributed by atoms with van der Waals surface area (Å²) in [5.41, 5.74) is 7.90. The van der Waals surface area contributed by atoms with Gasteiger partial charge >= 0.3 is 0 Å².